The Hall–Kier alpha value is -2.21. The Bertz CT molecular complexity index is 673. The van der Waals surface area contributed by atoms with Crippen molar-refractivity contribution < 1.29 is 9.32 Å². The summed E-state index contributed by atoms with van der Waals surface area (Å²) < 4.78 is 5.26. The zero-order valence-electron chi connectivity index (χ0n) is 14.3. The minimum absolute atomic E-state index is 0.0336. The predicted octanol–water partition coefficient (Wildman–Crippen LogP) is 2.76. The van der Waals surface area contributed by atoms with Crippen molar-refractivity contribution >= 4 is 11.6 Å². The second-order valence-corrected chi connectivity index (χ2v) is 6.33. The van der Waals surface area contributed by atoms with Crippen molar-refractivity contribution in [1.82, 2.24) is 15.0 Å². The summed E-state index contributed by atoms with van der Waals surface area (Å²) in [6, 6.07) is 8.02. The monoisotopic (exact) mass is 328 g/mol. The van der Waals surface area contributed by atoms with Crippen molar-refractivity contribution in [3.8, 4) is 0 Å². The van der Waals surface area contributed by atoms with Gasteiger partial charge in [0.2, 0.25) is 11.8 Å². The van der Waals surface area contributed by atoms with Crippen LogP contribution in [0.5, 0.6) is 0 Å². The first kappa shape index (κ1) is 16.6. The molecule has 1 N–H and O–H groups in total. The molecule has 0 atom stereocenters. The van der Waals surface area contributed by atoms with Crippen LogP contribution in [0.1, 0.15) is 43.0 Å². The van der Waals surface area contributed by atoms with Crippen LogP contribution in [-0.4, -0.2) is 40.6 Å². The van der Waals surface area contributed by atoms with Gasteiger partial charge in [-0.3, -0.25) is 9.69 Å². The van der Waals surface area contributed by atoms with Crippen molar-refractivity contribution in [1.29, 1.82) is 0 Å². The first-order valence-corrected chi connectivity index (χ1v) is 8.55. The predicted molar refractivity (Wildman–Crippen MR) is 91.9 cm³/mol. The van der Waals surface area contributed by atoms with E-state index in [-0.39, 0.29) is 5.91 Å². The summed E-state index contributed by atoms with van der Waals surface area (Å²) in [7, 11) is 0. The van der Waals surface area contributed by atoms with E-state index in [2.05, 4.69) is 27.3 Å². The molecule has 0 bridgehead atoms. The first-order chi connectivity index (χ1) is 11.6. The Balaban J connectivity index is 1.45. The summed E-state index contributed by atoms with van der Waals surface area (Å²) >= 11 is 0. The third-order valence-corrected chi connectivity index (χ3v) is 4.49. The normalized spacial score (nSPS) is 16.2. The number of amides is 1. The number of anilines is 1. The molecule has 1 aliphatic heterocycles. The highest BCUT2D eigenvalue weighted by Gasteiger charge is 2.25. The Morgan fingerprint density at radius 1 is 1.29 bits per heavy atom. The molecular formula is C18H24N4O2. The highest BCUT2D eigenvalue weighted by atomic mass is 16.5. The van der Waals surface area contributed by atoms with E-state index in [1.807, 2.05) is 31.2 Å². The Kier molecular flexibility index (Phi) is 5.25. The molecule has 0 spiro atoms. The lowest BCUT2D eigenvalue weighted by molar-refractivity contribution is -0.117. The molecular weight excluding hydrogens is 304 g/mol. The van der Waals surface area contributed by atoms with Gasteiger partial charge in [-0.25, -0.2) is 0 Å². The minimum atomic E-state index is 0.0336. The van der Waals surface area contributed by atoms with Crippen LogP contribution in [0.25, 0.3) is 0 Å². The molecule has 3 rings (SSSR count). The van der Waals surface area contributed by atoms with Crippen LogP contribution in [-0.2, 0) is 11.2 Å². The number of hydrogen-bond donors (Lipinski definition) is 1. The summed E-state index contributed by atoms with van der Waals surface area (Å²) in [5.74, 6) is 1.76. The number of carbonyl (C=O) groups excluding carboxylic acids is 1. The van der Waals surface area contributed by atoms with Gasteiger partial charge in [0, 0.05) is 11.6 Å². The third kappa shape index (κ3) is 4.20. The molecule has 1 amide bonds. The highest BCUT2D eigenvalue weighted by molar-refractivity contribution is 5.92. The average molecular weight is 328 g/mol. The molecule has 1 aromatic carbocycles. The maximum absolute atomic E-state index is 12.2. The second kappa shape index (κ2) is 7.57. The van der Waals surface area contributed by atoms with E-state index in [0.717, 1.165) is 43.9 Å². The van der Waals surface area contributed by atoms with E-state index >= 15 is 0 Å². The van der Waals surface area contributed by atoms with Crippen LogP contribution in [0, 0.1) is 6.92 Å². The van der Waals surface area contributed by atoms with Gasteiger partial charge in [0.15, 0.2) is 5.82 Å². The van der Waals surface area contributed by atoms with Crippen LogP contribution in [0.3, 0.4) is 0 Å². The van der Waals surface area contributed by atoms with E-state index < -0.39 is 0 Å². The zero-order chi connectivity index (χ0) is 16.9. The van der Waals surface area contributed by atoms with Crippen molar-refractivity contribution in [3.05, 3.63) is 41.5 Å². The van der Waals surface area contributed by atoms with Gasteiger partial charge >= 0.3 is 0 Å². The smallest absolute Gasteiger partial charge is 0.238 e. The number of benzene rings is 1. The van der Waals surface area contributed by atoms with Gasteiger partial charge in [-0.2, -0.15) is 4.98 Å². The number of hydrogen-bond acceptors (Lipinski definition) is 5. The molecule has 1 fully saturated rings. The van der Waals surface area contributed by atoms with E-state index in [0.29, 0.717) is 18.3 Å². The maximum atomic E-state index is 12.2. The zero-order valence-corrected chi connectivity index (χ0v) is 14.3. The lowest BCUT2D eigenvalue weighted by Gasteiger charge is -2.29. The number of carbonyl (C=O) groups is 1. The lowest BCUT2D eigenvalue weighted by Crippen LogP contribution is -2.38. The van der Waals surface area contributed by atoms with Gasteiger partial charge in [0.25, 0.3) is 0 Å². The van der Waals surface area contributed by atoms with Crippen LogP contribution < -0.4 is 5.32 Å². The molecule has 0 saturated carbocycles. The number of nitrogens with zero attached hydrogens (tertiary/aromatic N) is 3. The number of likely N-dealkylation sites (tertiary alicyclic amines) is 1. The van der Waals surface area contributed by atoms with E-state index in [1.54, 1.807) is 0 Å². The fourth-order valence-corrected chi connectivity index (χ4v) is 3.04. The average Bonchev–Trinajstić information content (AvgIpc) is 3.02. The highest BCUT2D eigenvalue weighted by Crippen LogP contribution is 2.26. The van der Waals surface area contributed by atoms with Crippen LogP contribution >= 0.6 is 0 Å². The van der Waals surface area contributed by atoms with Crippen molar-refractivity contribution in [2.75, 3.05) is 25.0 Å². The summed E-state index contributed by atoms with van der Waals surface area (Å²) in [4.78, 5) is 18.7. The first-order valence-electron chi connectivity index (χ1n) is 8.55. The molecule has 0 radical (unpaired) electrons. The molecule has 1 aliphatic rings. The number of nitrogens with one attached hydrogen (secondary N) is 1. The number of piperidine rings is 1. The van der Waals surface area contributed by atoms with Gasteiger partial charge in [0.05, 0.1) is 6.54 Å². The maximum Gasteiger partial charge on any atom is 0.238 e. The fraction of sp³-hybridized carbons (Fsp3) is 0.500. The van der Waals surface area contributed by atoms with Gasteiger partial charge in [-0.05, 0) is 57.0 Å². The topological polar surface area (TPSA) is 71.3 Å². The lowest BCUT2D eigenvalue weighted by atomic mass is 9.97. The van der Waals surface area contributed by atoms with Crippen LogP contribution in [0.2, 0.25) is 0 Å². The largest absolute Gasteiger partial charge is 0.339 e. The molecule has 128 valence electrons. The number of aromatic nitrogens is 2. The third-order valence-electron chi connectivity index (χ3n) is 4.49. The Morgan fingerprint density at radius 3 is 2.58 bits per heavy atom. The molecule has 0 unspecified atom stereocenters. The van der Waals surface area contributed by atoms with Gasteiger partial charge in [0.1, 0.15) is 0 Å². The van der Waals surface area contributed by atoms with Crippen LogP contribution in [0.15, 0.2) is 28.8 Å². The SMILES string of the molecule is CCc1ccc(NC(=O)CN2CCC(c3nc(C)no3)CC2)cc1. The van der Waals surface area contributed by atoms with Gasteiger partial charge in [-0.1, -0.05) is 24.2 Å². The van der Waals surface area contributed by atoms with E-state index in [9.17, 15) is 4.79 Å². The molecule has 1 aromatic heterocycles. The molecule has 2 aromatic rings. The summed E-state index contributed by atoms with van der Waals surface area (Å²) in [5.41, 5.74) is 2.12. The second-order valence-electron chi connectivity index (χ2n) is 6.33. The van der Waals surface area contributed by atoms with Gasteiger partial charge < -0.3 is 9.84 Å². The molecule has 6 heteroatoms. The fourth-order valence-electron chi connectivity index (χ4n) is 3.04. The molecule has 6 nitrogen and oxygen atoms in total. The standard InChI is InChI=1S/C18H24N4O2/c1-3-14-4-6-16(7-5-14)20-17(23)12-22-10-8-15(9-11-22)18-19-13(2)21-24-18/h4-7,15H,3,8-12H2,1-2H3,(H,20,23). The molecule has 24 heavy (non-hydrogen) atoms. The van der Waals surface area contributed by atoms with Crippen LogP contribution in [0.4, 0.5) is 5.69 Å². The minimum Gasteiger partial charge on any atom is -0.339 e. The Labute approximate surface area is 142 Å². The van der Waals surface area contributed by atoms with E-state index in [4.69, 9.17) is 4.52 Å². The molecule has 0 aliphatic carbocycles. The quantitative estimate of drug-likeness (QED) is 0.914. The van der Waals surface area contributed by atoms with Crippen molar-refractivity contribution in [2.24, 2.45) is 0 Å². The van der Waals surface area contributed by atoms with Crippen molar-refractivity contribution in [2.45, 2.75) is 39.0 Å². The summed E-state index contributed by atoms with van der Waals surface area (Å²) in [5, 5.41) is 6.82. The summed E-state index contributed by atoms with van der Waals surface area (Å²) in [6.07, 6.45) is 2.89. The van der Waals surface area contributed by atoms with Crippen molar-refractivity contribution in [3.63, 3.8) is 0 Å². The van der Waals surface area contributed by atoms with E-state index in [1.165, 1.54) is 5.56 Å². The molecule has 2 heterocycles. The number of aryl methyl sites for hydroxylation is 2. The van der Waals surface area contributed by atoms with Gasteiger partial charge in [-0.15, -0.1) is 0 Å². The Morgan fingerprint density at radius 2 is 2.00 bits per heavy atom. The molecule has 1 saturated heterocycles. The number of rotatable bonds is 5. The summed E-state index contributed by atoms with van der Waals surface area (Å²) in [6.45, 7) is 6.11.